The Morgan fingerprint density at radius 2 is 1.45 bits per heavy atom. The lowest BCUT2D eigenvalue weighted by Crippen LogP contribution is -2.29. The molecule has 0 saturated heterocycles. The van der Waals surface area contributed by atoms with E-state index in [0.29, 0.717) is 0 Å². The van der Waals surface area contributed by atoms with Crippen molar-refractivity contribution in [3.8, 4) is 0 Å². The number of rotatable bonds is 0. The van der Waals surface area contributed by atoms with Gasteiger partial charge >= 0.3 is 11.3 Å². The van der Waals surface area contributed by atoms with E-state index in [1.54, 1.807) is 0 Å². The number of hydrogen-bond donors (Lipinski definition) is 0. The van der Waals surface area contributed by atoms with Gasteiger partial charge in [-0.15, -0.1) is 0 Å². The summed E-state index contributed by atoms with van der Waals surface area (Å²) in [6.45, 7) is 13.0. The van der Waals surface area contributed by atoms with E-state index in [2.05, 4.69) is 57.6 Å². The molecule has 0 spiro atoms. The van der Waals surface area contributed by atoms with Crippen molar-refractivity contribution in [1.29, 1.82) is 0 Å². The largest absolute Gasteiger partial charge is 0.741 e. The average Bonchev–Trinajstić information content (AvgIpc) is 2.25. The predicted octanol–water partition coefficient (Wildman–Crippen LogP) is 2.54. The van der Waals surface area contributed by atoms with Crippen LogP contribution in [-0.2, 0) is 20.9 Å². The summed E-state index contributed by atoms with van der Waals surface area (Å²) in [6.07, 6.45) is 1.98. The molecule has 0 aromatic carbocycles. The minimum atomic E-state index is -6.09. The maximum atomic E-state index is 10.7. The van der Waals surface area contributed by atoms with Crippen LogP contribution in [0.5, 0.6) is 0 Å². The van der Waals surface area contributed by atoms with Crippen molar-refractivity contribution in [1.82, 2.24) is 4.98 Å². The summed E-state index contributed by atoms with van der Waals surface area (Å²) in [5.41, 5.74) is -4.30. The van der Waals surface area contributed by atoms with Crippen molar-refractivity contribution in [3.63, 3.8) is 0 Å². The van der Waals surface area contributed by atoms with Gasteiger partial charge in [-0.3, -0.25) is 0 Å². The molecule has 0 unspecified atom stereocenters. The summed E-state index contributed by atoms with van der Waals surface area (Å²) < 4.78 is 58.9. The fraction of sp³-hybridized carbons (Fsp3) is 0.692. The van der Waals surface area contributed by atoms with Crippen molar-refractivity contribution < 1.29 is 31.1 Å². The van der Waals surface area contributed by atoms with Crippen molar-refractivity contribution in [3.05, 3.63) is 23.8 Å². The highest BCUT2D eigenvalue weighted by Crippen LogP contribution is 2.22. The van der Waals surface area contributed by atoms with E-state index in [1.807, 2.05) is 6.20 Å². The standard InChI is InChI=1S/C12H20N2.CHF3O3S/c1-11(2,3)9-7-8-13-10(14-9)12(4,5)6;2-1(3,4)8(5,6)7/h7-8H,1-6H3;(H,5,6,7). The van der Waals surface area contributed by atoms with E-state index in [9.17, 15) is 13.2 Å². The molecule has 1 N–H and O–H groups in total. The molecule has 128 valence electrons. The second kappa shape index (κ2) is 6.49. The Morgan fingerprint density at radius 1 is 1.05 bits per heavy atom. The minimum absolute atomic E-state index is 0.0846. The van der Waals surface area contributed by atoms with Crippen molar-refractivity contribution in [2.45, 2.75) is 57.9 Å². The molecule has 1 aromatic rings. The lowest BCUT2D eigenvalue weighted by Gasteiger charge is -2.15. The third-order valence-electron chi connectivity index (χ3n) is 2.46. The highest BCUT2D eigenvalue weighted by Gasteiger charge is 2.36. The number of halogens is 3. The van der Waals surface area contributed by atoms with E-state index >= 15 is 0 Å². The first-order chi connectivity index (χ1) is 9.46. The monoisotopic (exact) mass is 342 g/mol. The third-order valence-corrected chi connectivity index (χ3v) is 3.02. The normalized spacial score (nSPS) is 13.4. The van der Waals surface area contributed by atoms with Gasteiger partial charge in [0, 0.05) is 11.5 Å². The summed E-state index contributed by atoms with van der Waals surface area (Å²) in [5.74, 6) is 1.05. The number of hydrogen-bond acceptors (Lipinski definition) is 4. The Kier molecular flexibility index (Phi) is 6.13. The number of aromatic amines is 1. The zero-order chi connectivity index (χ0) is 18.0. The quantitative estimate of drug-likeness (QED) is 0.536. The maximum absolute atomic E-state index is 10.7. The Labute approximate surface area is 128 Å². The Balaban J connectivity index is 0.000000472. The van der Waals surface area contributed by atoms with Gasteiger partial charge < -0.3 is 4.55 Å². The molecule has 1 aromatic heterocycles. The minimum Gasteiger partial charge on any atom is -0.741 e. The van der Waals surface area contributed by atoms with Crippen LogP contribution in [0.2, 0.25) is 0 Å². The first-order valence-electron chi connectivity index (χ1n) is 6.38. The van der Waals surface area contributed by atoms with Gasteiger partial charge in [0.1, 0.15) is 0 Å². The summed E-state index contributed by atoms with van der Waals surface area (Å²) in [6, 6.07) is 2.05. The summed E-state index contributed by atoms with van der Waals surface area (Å²) in [5, 5.41) is 0. The number of alkyl halides is 3. The molecule has 5 nitrogen and oxygen atoms in total. The summed E-state index contributed by atoms with van der Waals surface area (Å²) >= 11 is 0. The molecule has 0 atom stereocenters. The van der Waals surface area contributed by atoms with Gasteiger partial charge in [0.2, 0.25) is 0 Å². The van der Waals surface area contributed by atoms with Gasteiger partial charge in [0.05, 0.1) is 11.6 Å². The SMILES string of the molecule is CC(C)(C)c1cc[nH+]c(C(C)(C)C)n1.O=S(=O)([O-])C(F)(F)F. The van der Waals surface area contributed by atoms with Crippen LogP contribution in [0, 0.1) is 0 Å². The first kappa shape index (κ1) is 20.8. The van der Waals surface area contributed by atoms with Crippen LogP contribution in [-0.4, -0.2) is 23.5 Å². The number of nitrogens with zero attached hydrogens (tertiary/aromatic N) is 1. The smallest absolute Gasteiger partial charge is 0.485 e. The van der Waals surface area contributed by atoms with E-state index in [0.717, 1.165) is 11.5 Å². The van der Waals surface area contributed by atoms with Crippen LogP contribution in [0.4, 0.5) is 13.2 Å². The summed E-state index contributed by atoms with van der Waals surface area (Å²) in [7, 11) is -6.09. The van der Waals surface area contributed by atoms with Gasteiger partial charge in [-0.2, -0.15) is 13.2 Å². The van der Waals surface area contributed by atoms with Crippen LogP contribution >= 0.6 is 0 Å². The van der Waals surface area contributed by atoms with Crippen molar-refractivity contribution in [2.24, 2.45) is 0 Å². The zero-order valence-electron chi connectivity index (χ0n) is 13.4. The molecule has 0 aliphatic carbocycles. The van der Waals surface area contributed by atoms with Gasteiger partial charge in [-0.1, -0.05) is 20.8 Å². The Morgan fingerprint density at radius 3 is 1.73 bits per heavy atom. The lowest BCUT2D eigenvalue weighted by molar-refractivity contribution is -0.402. The molecule has 0 fully saturated rings. The topological polar surface area (TPSA) is 84.2 Å². The molecule has 0 aliphatic heterocycles. The van der Waals surface area contributed by atoms with Crippen LogP contribution < -0.4 is 4.98 Å². The zero-order valence-corrected chi connectivity index (χ0v) is 14.2. The molecule has 1 rings (SSSR count). The fourth-order valence-corrected chi connectivity index (χ4v) is 1.19. The summed E-state index contributed by atoms with van der Waals surface area (Å²) in [4.78, 5) is 7.87. The molecular weight excluding hydrogens is 321 g/mol. The van der Waals surface area contributed by atoms with Gasteiger partial charge in [-0.05, 0) is 25.8 Å². The van der Waals surface area contributed by atoms with Gasteiger partial charge in [0.15, 0.2) is 15.8 Å². The van der Waals surface area contributed by atoms with Crippen LogP contribution in [0.15, 0.2) is 12.3 Å². The number of nitrogens with one attached hydrogen (secondary N) is 1. The van der Waals surface area contributed by atoms with Crippen LogP contribution in [0.25, 0.3) is 0 Å². The highest BCUT2D eigenvalue weighted by molar-refractivity contribution is 7.86. The molecule has 22 heavy (non-hydrogen) atoms. The molecule has 1 heterocycles. The molecule has 0 aliphatic rings. The molecule has 0 saturated carbocycles. The van der Waals surface area contributed by atoms with Crippen LogP contribution in [0.3, 0.4) is 0 Å². The Hall–Kier alpha value is -1.22. The maximum Gasteiger partial charge on any atom is 0.485 e. The molecular formula is C13H21F3N2O3S. The van der Waals surface area contributed by atoms with Crippen LogP contribution in [0.1, 0.15) is 53.1 Å². The third kappa shape index (κ3) is 6.69. The molecule has 9 heteroatoms. The van der Waals surface area contributed by atoms with Crippen molar-refractivity contribution >= 4 is 10.1 Å². The highest BCUT2D eigenvalue weighted by atomic mass is 32.2. The van der Waals surface area contributed by atoms with Crippen molar-refractivity contribution in [2.75, 3.05) is 0 Å². The van der Waals surface area contributed by atoms with Gasteiger partial charge in [0.25, 0.3) is 0 Å². The van der Waals surface area contributed by atoms with E-state index in [4.69, 9.17) is 13.0 Å². The molecule has 0 radical (unpaired) electrons. The number of aromatic nitrogens is 2. The lowest BCUT2D eigenvalue weighted by atomic mass is 9.90. The van der Waals surface area contributed by atoms with E-state index in [1.165, 1.54) is 0 Å². The first-order valence-corrected chi connectivity index (χ1v) is 7.79. The Bertz CT molecular complexity index is 571. The van der Waals surface area contributed by atoms with Gasteiger partial charge in [-0.25, -0.2) is 13.4 Å². The molecule has 0 amide bonds. The predicted molar refractivity (Wildman–Crippen MR) is 73.9 cm³/mol. The van der Waals surface area contributed by atoms with E-state index < -0.39 is 15.6 Å². The molecule has 0 bridgehead atoms. The number of H-pyrrole nitrogens is 1. The second-order valence-corrected chi connectivity index (χ2v) is 8.09. The second-order valence-electron chi connectivity index (χ2n) is 6.72. The van der Waals surface area contributed by atoms with E-state index in [-0.39, 0.29) is 10.8 Å². The fourth-order valence-electron chi connectivity index (χ4n) is 1.19. The average molecular weight is 342 g/mol.